The molecule has 0 aliphatic carbocycles. The number of amides is 1. The van der Waals surface area contributed by atoms with Gasteiger partial charge in [-0.1, -0.05) is 30.3 Å². The van der Waals surface area contributed by atoms with Crippen molar-refractivity contribution in [3.05, 3.63) is 66.5 Å². The maximum Gasteiger partial charge on any atom is 0.271 e. The van der Waals surface area contributed by atoms with Gasteiger partial charge < -0.3 is 10.2 Å². The molecule has 3 aromatic rings. The van der Waals surface area contributed by atoms with Crippen molar-refractivity contribution in [3.8, 4) is 0 Å². The Labute approximate surface area is 146 Å². The van der Waals surface area contributed by atoms with Crippen LogP contribution in [0.2, 0.25) is 0 Å². The van der Waals surface area contributed by atoms with Gasteiger partial charge in [0.2, 0.25) is 0 Å². The van der Waals surface area contributed by atoms with Gasteiger partial charge in [0.05, 0.1) is 17.2 Å². The average Bonchev–Trinajstić information content (AvgIpc) is 3.15. The molecule has 1 fully saturated rings. The van der Waals surface area contributed by atoms with E-state index in [1.165, 1.54) is 5.69 Å². The molecular weight excluding hydrogens is 312 g/mol. The molecular formula is C20H20N4O. The number of para-hydroxylation sites is 3. The standard InChI is InChI=1S/C20H20N4O/c25-20(19-14-21-17-10-4-5-11-18(17)23-19)22-13-16-9-6-12-24(16)15-7-2-1-3-8-15/h1-5,7-8,10-11,14,16H,6,9,12-13H2,(H,22,25)/t16-/m0/s1. The second-order valence-corrected chi connectivity index (χ2v) is 6.28. The van der Waals surface area contributed by atoms with Gasteiger partial charge in [-0.15, -0.1) is 0 Å². The van der Waals surface area contributed by atoms with Crippen molar-refractivity contribution in [3.63, 3.8) is 0 Å². The molecule has 1 atom stereocenters. The number of nitrogens with zero attached hydrogens (tertiary/aromatic N) is 3. The Balaban J connectivity index is 1.44. The van der Waals surface area contributed by atoms with Crippen LogP contribution in [0.15, 0.2) is 60.8 Å². The third-order valence-corrected chi connectivity index (χ3v) is 4.64. The van der Waals surface area contributed by atoms with Gasteiger partial charge in [-0.05, 0) is 37.1 Å². The van der Waals surface area contributed by atoms with Gasteiger partial charge in [-0.3, -0.25) is 9.78 Å². The predicted octanol–water partition coefficient (Wildman–Crippen LogP) is 3.03. The summed E-state index contributed by atoms with van der Waals surface area (Å²) in [6.45, 7) is 1.64. The number of hydrogen-bond acceptors (Lipinski definition) is 4. The van der Waals surface area contributed by atoms with Crippen molar-refractivity contribution in [1.29, 1.82) is 0 Å². The molecule has 2 aromatic carbocycles. The monoisotopic (exact) mass is 332 g/mol. The van der Waals surface area contributed by atoms with Crippen LogP contribution in [-0.2, 0) is 0 Å². The number of aromatic nitrogens is 2. The number of carbonyl (C=O) groups is 1. The summed E-state index contributed by atoms with van der Waals surface area (Å²) in [7, 11) is 0. The number of benzene rings is 2. The zero-order valence-corrected chi connectivity index (χ0v) is 13.9. The molecule has 5 nitrogen and oxygen atoms in total. The number of rotatable bonds is 4. The first kappa shape index (κ1) is 15.6. The maximum atomic E-state index is 12.5. The second kappa shape index (κ2) is 6.89. The smallest absolute Gasteiger partial charge is 0.271 e. The van der Waals surface area contributed by atoms with Crippen LogP contribution < -0.4 is 10.2 Å². The number of nitrogens with one attached hydrogen (secondary N) is 1. The molecule has 1 N–H and O–H groups in total. The fourth-order valence-corrected chi connectivity index (χ4v) is 3.37. The van der Waals surface area contributed by atoms with Gasteiger partial charge in [0.1, 0.15) is 5.69 Å². The molecule has 1 aliphatic rings. The first-order chi connectivity index (χ1) is 12.3. The van der Waals surface area contributed by atoms with Gasteiger partial charge in [0.15, 0.2) is 0 Å². The molecule has 0 spiro atoms. The summed E-state index contributed by atoms with van der Waals surface area (Å²) in [6.07, 6.45) is 3.77. The topological polar surface area (TPSA) is 58.1 Å². The summed E-state index contributed by atoms with van der Waals surface area (Å²) in [4.78, 5) is 23.5. The van der Waals surface area contributed by atoms with Crippen molar-refractivity contribution in [1.82, 2.24) is 15.3 Å². The van der Waals surface area contributed by atoms with E-state index in [1.807, 2.05) is 42.5 Å². The van der Waals surface area contributed by atoms with E-state index < -0.39 is 0 Å². The molecule has 1 amide bonds. The number of hydrogen-bond donors (Lipinski definition) is 1. The molecule has 2 heterocycles. The lowest BCUT2D eigenvalue weighted by atomic mass is 10.2. The quantitative estimate of drug-likeness (QED) is 0.798. The van der Waals surface area contributed by atoms with E-state index in [4.69, 9.17) is 0 Å². The minimum atomic E-state index is -0.168. The molecule has 25 heavy (non-hydrogen) atoms. The van der Waals surface area contributed by atoms with Gasteiger partial charge in [-0.25, -0.2) is 4.98 Å². The molecule has 126 valence electrons. The van der Waals surface area contributed by atoms with Gasteiger partial charge >= 0.3 is 0 Å². The fraction of sp³-hybridized carbons (Fsp3) is 0.250. The van der Waals surface area contributed by atoms with E-state index in [0.29, 0.717) is 18.3 Å². The first-order valence-electron chi connectivity index (χ1n) is 8.63. The van der Waals surface area contributed by atoms with Crippen molar-refractivity contribution in [2.75, 3.05) is 18.0 Å². The molecule has 1 aromatic heterocycles. The summed E-state index contributed by atoms with van der Waals surface area (Å²) in [5.41, 5.74) is 3.11. The molecule has 5 heteroatoms. The van der Waals surface area contributed by atoms with Crippen LogP contribution >= 0.6 is 0 Å². The molecule has 0 saturated carbocycles. The van der Waals surface area contributed by atoms with Crippen LogP contribution in [0.5, 0.6) is 0 Å². The first-order valence-corrected chi connectivity index (χ1v) is 8.63. The lowest BCUT2D eigenvalue weighted by molar-refractivity contribution is 0.0946. The zero-order valence-electron chi connectivity index (χ0n) is 13.9. The lowest BCUT2D eigenvalue weighted by Crippen LogP contribution is -2.40. The maximum absolute atomic E-state index is 12.5. The minimum absolute atomic E-state index is 0.168. The highest BCUT2D eigenvalue weighted by Crippen LogP contribution is 2.24. The van der Waals surface area contributed by atoms with E-state index in [-0.39, 0.29) is 5.91 Å². The summed E-state index contributed by atoms with van der Waals surface area (Å²) >= 11 is 0. The van der Waals surface area contributed by atoms with Crippen LogP contribution in [-0.4, -0.2) is 35.0 Å². The van der Waals surface area contributed by atoms with E-state index in [2.05, 4.69) is 32.3 Å². The van der Waals surface area contributed by atoms with Crippen molar-refractivity contribution >= 4 is 22.6 Å². The molecule has 0 unspecified atom stereocenters. The average molecular weight is 332 g/mol. The van der Waals surface area contributed by atoms with Crippen LogP contribution in [0.25, 0.3) is 11.0 Å². The van der Waals surface area contributed by atoms with Gasteiger partial charge in [0, 0.05) is 24.8 Å². The van der Waals surface area contributed by atoms with E-state index in [9.17, 15) is 4.79 Å². The van der Waals surface area contributed by atoms with E-state index >= 15 is 0 Å². The summed E-state index contributed by atoms with van der Waals surface area (Å²) in [5.74, 6) is -0.168. The fourth-order valence-electron chi connectivity index (χ4n) is 3.37. The Kier molecular flexibility index (Phi) is 4.29. The zero-order chi connectivity index (χ0) is 17.1. The van der Waals surface area contributed by atoms with Crippen molar-refractivity contribution in [2.45, 2.75) is 18.9 Å². The third kappa shape index (κ3) is 3.31. The van der Waals surface area contributed by atoms with Crippen molar-refractivity contribution < 1.29 is 4.79 Å². The van der Waals surface area contributed by atoms with Crippen molar-refractivity contribution in [2.24, 2.45) is 0 Å². The molecule has 4 rings (SSSR count). The molecule has 1 aliphatic heterocycles. The summed E-state index contributed by atoms with van der Waals surface area (Å²) in [6, 6.07) is 18.2. The molecule has 1 saturated heterocycles. The van der Waals surface area contributed by atoms with Crippen LogP contribution in [0.4, 0.5) is 5.69 Å². The third-order valence-electron chi connectivity index (χ3n) is 4.64. The second-order valence-electron chi connectivity index (χ2n) is 6.28. The summed E-state index contributed by atoms with van der Waals surface area (Å²) < 4.78 is 0. The van der Waals surface area contributed by atoms with Crippen LogP contribution in [0.1, 0.15) is 23.3 Å². The van der Waals surface area contributed by atoms with Gasteiger partial charge in [0.25, 0.3) is 5.91 Å². The number of fused-ring (bicyclic) bond motifs is 1. The SMILES string of the molecule is O=C(NC[C@@H]1CCCN1c1ccccc1)c1cnc2ccccc2n1. The predicted molar refractivity (Wildman–Crippen MR) is 98.7 cm³/mol. The molecule has 0 radical (unpaired) electrons. The van der Waals surface area contributed by atoms with Gasteiger partial charge in [-0.2, -0.15) is 0 Å². The highest BCUT2D eigenvalue weighted by molar-refractivity contribution is 5.93. The Bertz CT molecular complexity index is 881. The lowest BCUT2D eigenvalue weighted by Gasteiger charge is -2.27. The van der Waals surface area contributed by atoms with E-state index in [1.54, 1.807) is 6.20 Å². The van der Waals surface area contributed by atoms with Crippen LogP contribution in [0.3, 0.4) is 0 Å². The Morgan fingerprint density at radius 1 is 1.08 bits per heavy atom. The minimum Gasteiger partial charge on any atom is -0.367 e. The Morgan fingerprint density at radius 3 is 2.68 bits per heavy atom. The van der Waals surface area contributed by atoms with Crippen LogP contribution in [0, 0.1) is 0 Å². The van der Waals surface area contributed by atoms with E-state index in [0.717, 1.165) is 30.4 Å². The summed E-state index contributed by atoms with van der Waals surface area (Å²) in [5, 5.41) is 3.02. The molecule has 0 bridgehead atoms. The number of anilines is 1. The largest absolute Gasteiger partial charge is 0.367 e. The highest BCUT2D eigenvalue weighted by Gasteiger charge is 2.25. The Morgan fingerprint density at radius 2 is 1.84 bits per heavy atom. The number of carbonyl (C=O) groups excluding carboxylic acids is 1. The Hall–Kier alpha value is -2.95. The highest BCUT2D eigenvalue weighted by atomic mass is 16.1. The normalized spacial score (nSPS) is 17.0.